The molecule has 2 rings (SSSR count). The van der Waals surface area contributed by atoms with E-state index in [2.05, 4.69) is 10.0 Å². The molecule has 7 heteroatoms. The molecule has 4 nitrogen and oxygen atoms in total. The van der Waals surface area contributed by atoms with Gasteiger partial charge in [-0.25, -0.2) is 17.5 Å². The van der Waals surface area contributed by atoms with Crippen molar-refractivity contribution in [2.45, 2.75) is 38.3 Å². The Morgan fingerprint density at radius 2 is 2.05 bits per heavy atom. The normalized spacial score (nSPS) is 15.3. The van der Waals surface area contributed by atoms with Crippen LogP contribution in [0.15, 0.2) is 18.2 Å². The Bertz CT molecular complexity index is 576. The van der Waals surface area contributed by atoms with E-state index in [1.165, 1.54) is 31.0 Å². The molecule has 0 saturated heterocycles. The molecule has 0 atom stereocenters. The van der Waals surface area contributed by atoms with Crippen molar-refractivity contribution in [3.8, 4) is 0 Å². The zero-order chi connectivity index (χ0) is 15.3. The van der Waals surface area contributed by atoms with Gasteiger partial charge in [0.2, 0.25) is 10.0 Å². The maximum Gasteiger partial charge on any atom is 0.211 e. The summed E-state index contributed by atoms with van der Waals surface area (Å²) >= 11 is 5.65. The van der Waals surface area contributed by atoms with Crippen molar-refractivity contribution in [1.29, 1.82) is 0 Å². The number of rotatable bonds is 9. The van der Waals surface area contributed by atoms with Crippen LogP contribution in [0, 0.1) is 5.82 Å². The lowest BCUT2D eigenvalue weighted by atomic mass is 10.2. The van der Waals surface area contributed by atoms with Gasteiger partial charge in [-0.1, -0.05) is 17.7 Å². The third-order valence-electron chi connectivity index (χ3n) is 3.33. The smallest absolute Gasteiger partial charge is 0.211 e. The number of sulfonamides is 1. The van der Waals surface area contributed by atoms with E-state index in [0.29, 0.717) is 18.0 Å². The van der Waals surface area contributed by atoms with Gasteiger partial charge in [0.25, 0.3) is 0 Å². The fourth-order valence-electron chi connectivity index (χ4n) is 1.93. The van der Waals surface area contributed by atoms with Gasteiger partial charge in [-0.2, -0.15) is 0 Å². The van der Waals surface area contributed by atoms with Crippen LogP contribution in [-0.2, 0) is 16.6 Å². The number of hydrogen-bond acceptors (Lipinski definition) is 3. The standard InChI is InChI=1S/C14H20ClFN2O2S/c15-13-9-11(3-6-14(13)16)10-18-21(19,20)8-2-1-7-17-12-4-5-12/h3,6,9,12,17-18H,1-2,4-5,7-8,10H2. The summed E-state index contributed by atoms with van der Waals surface area (Å²) in [6.07, 6.45) is 3.94. The van der Waals surface area contributed by atoms with Crippen LogP contribution < -0.4 is 10.0 Å². The van der Waals surface area contributed by atoms with E-state index >= 15 is 0 Å². The number of nitrogens with one attached hydrogen (secondary N) is 2. The van der Waals surface area contributed by atoms with Crippen LogP contribution in [-0.4, -0.2) is 26.8 Å². The summed E-state index contributed by atoms with van der Waals surface area (Å²) in [6.45, 7) is 0.996. The molecule has 0 aliphatic heterocycles. The fraction of sp³-hybridized carbons (Fsp3) is 0.571. The topological polar surface area (TPSA) is 58.2 Å². The van der Waals surface area contributed by atoms with Crippen LogP contribution in [0.2, 0.25) is 5.02 Å². The quantitative estimate of drug-likeness (QED) is 0.682. The van der Waals surface area contributed by atoms with Gasteiger partial charge >= 0.3 is 0 Å². The molecule has 0 unspecified atom stereocenters. The van der Waals surface area contributed by atoms with E-state index in [1.807, 2.05) is 0 Å². The van der Waals surface area contributed by atoms with Gasteiger partial charge < -0.3 is 5.32 Å². The van der Waals surface area contributed by atoms with E-state index in [0.717, 1.165) is 13.0 Å². The number of halogens is 2. The highest BCUT2D eigenvalue weighted by molar-refractivity contribution is 7.89. The Kier molecular flexibility index (Phi) is 5.98. The van der Waals surface area contributed by atoms with Gasteiger partial charge in [0.15, 0.2) is 0 Å². The molecule has 0 aromatic heterocycles. The minimum Gasteiger partial charge on any atom is -0.314 e. The zero-order valence-electron chi connectivity index (χ0n) is 11.7. The van der Waals surface area contributed by atoms with E-state index in [4.69, 9.17) is 11.6 Å². The van der Waals surface area contributed by atoms with E-state index in [-0.39, 0.29) is 17.3 Å². The molecule has 1 aromatic rings. The summed E-state index contributed by atoms with van der Waals surface area (Å²) in [5, 5.41) is 3.34. The molecule has 1 saturated carbocycles. The highest BCUT2D eigenvalue weighted by Gasteiger charge is 2.19. The van der Waals surface area contributed by atoms with Gasteiger partial charge in [-0.15, -0.1) is 0 Å². The maximum atomic E-state index is 13.0. The minimum absolute atomic E-state index is 0.00199. The Morgan fingerprint density at radius 3 is 2.71 bits per heavy atom. The number of unbranched alkanes of at least 4 members (excludes halogenated alkanes) is 1. The molecule has 0 bridgehead atoms. The second kappa shape index (κ2) is 7.54. The first-order valence-electron chi connectivity index (χ1n) is 7.11. The predicted molar refractivity (Wildman–Crippen MR) is 82.3 cm³/mol. The molecule has 1 fully saturated rings. The SMILES string of the molecule is O=S(=O)(CCCCNC1CC1)NCc1ccc(F)c(Cl)c1. The van der Waals surface area contributed by atoms with Crippen LogP contribution in [0.1, 0.15) is 31.2 Å². The lowest BCUT2D eigenvalue weighted by Gasteiger charge is -2.08. The average molecular weight is 335 g/mol. The fourth-order valence-corrected chi connectivity index (χ4v) is 3.24. The first kappa shape index (κ1) is 16.7. The van der Waals surface area contributed by atoms with Crippen molar-refractivity contribution in [3.63, 3.8) is 0 Å². The molecule has 2 N–H and O–H groups in total. The molecule has 118 valence electrons. The molecule has 0 amide bonds. The lowest BCUT2D eigenvalue weighted by Crippen LogP contribution is -2.26. The van der Waals surface area contributed by atoms with Gasteiger partial charge in [0.05, 0.1) is 10.8 Å². The predicted octanol–water partition coefficient (Wildman–Crippen LogP) is 2.43. The van der Waals surface area contributed by atoms with Gasteiger partial charge in [0.1, 0.15) is 5.82 Å². The van der Waals surface area contributed by atoms with E-state index in [1.54, 1.807) is 0 Å². The molecule has 0 heterocycles. The third kappa shape index (κ3) is 6.30. The summed E-state index contributed by atoms with van der Waals surface area (Å²) in [5.41, 5.74) is 0.639. The van der Waals surface area contributed by atoms with Crippen molar-refractivity contribution in [3.05, 3.63) is 34.6 Å². The Balaban J connectivity index is 1.68. The molecule has 1 aliphatic carbocycles. The molecule has 1 aromatic carbocycles. The highest BCUT2D eigenvalue weighted by atomic mass is 35.5. The Hall–Kier alpha value is -0.690. The second-order valence-electron chi connectivity index (χ2n) is 5.32. The molecule has 0 radical (unpaired) electrons. The molecular weight excluding hydrogens is 315 g/mol. The average Bonchev–Trinajstić information content (AvgIpc) is 3.24. The minimum atomic E-state index is -3.30. The largest absolute Gasteiger partial charge is 0.314 e. The van der Waals surface area contributed by atoms with Crippen molar-refractivity contribution in [2.24, 2.45) is 0 Å². The summed E-state index contributed by atoms with van der Waals surface area (Å²) in [4.78, 5) is 0. The van der Waals surface area contributed by atoms with Crippen molar-refractivity contribution in [2.75, 3.05) is 12.3 Å². The first-order valence-corrected chi connectivity index (χ1v) is 9.14. The van der Waals surface area contributed by atoms with Crippen LogP contribution >= 0.6 is 11.6 Å². The van der Waals surface area contributed by atoms with Crippen molar-refractivity contribution >= 4 is 21.6 Å². The van der Waals surface area contributed by atoms with Crippen LogP contribution in [0.3, 0.4) is 0 Å². The maximum absolute atomic E-state index is 13.0. The van der Waals surface area contributed by atoms with Crippen molar-refractivity contribution < 1.29 is 12.8 Å². The summed E-state index contributed by atoms with van der Waals surface area (Å²) in [5.74, 6) is -0.402. The summed E-state index contributed by atoms with van der Waals surface area (Å²) in [7, 11) is -3.30. The van der Waals surface area contributed by atoms with Crippen molar-refractivity contribution in [1.82, 2.24) is 10.0 Å². The first-order chi connectivity index (χ1) is 9.96. The Morgan fingerprint density at radius 1 is 1.29 bits per heavy atom. The monoisotopic (exact) mass is 334 g/mol. The lowest BCUT2D eigenvalue weighted by molar-refractivity contribution is 0.572. The summed E-state index contributed by atoms with van der Waals surface area (Å²) < 4.78 is 39.2. The summed E-state index contributed by atoms with van der Waals surface area (Å²) in [6, 6.07) is 4.83. The van der Waals surface area contributed by atoms with E-state index in [9.17, 15) is 12.8 Å². The van der Waals surface area contributed by atoms with Gasteiger partial charge in [0, 0.05) is 12.6 Å². The van der Waals surface area contributed by atoms with Gasteiger partial charge in [-0.05, 0) is 49.9 Å². The van der Waals surface area contributed by atoms with E-state index < -0.39 is 15.8 Å². The van der Waals surface area contributed by atoms with Gasteiger partial charge in [-0.3, -0.25) is 0 Å². The third-order valence-corrected chi connectivity index (χ3v) is 5.03. The van der Waals surface area contributed by atoms with Crippen LogP contribution in [0.25, 0.3) is 0 Å². The molecule has 0 spiro atoms. The second-order valence-corrected chi connectivity index (χ2v) is 7.66. The molecule has 21 heavy (non-hydrogen) atoms. The van der Waals surface area contributed by atoms with Crippen LogP contribution in [0.4, 0.5) is 4.39 Å². The molecule has 1 aliphatic rings. The molecular formula is C14H20ClFN2O2S. The number of benzene rings is 1. The Labute approximate surface area is 130 Å². The van der Waals surface area contributed by atoms with Crippen LogP contribution in [0.5, 0.6) is 0 Å². The zero-order valence-corrected chi connectivity index (χ0v) is 13.3. The highest BCUT2D eigenvalue weighted by Crippen LogP contribution is 2.18. The number of hydrogen-bond donors (Lipinski definition) is 2.